The molecule has 0 aromatic heterocycles. The van der Waals surface area contributed by atoms with Crippen molar-refractivity contribution in [3.63, 3.8) is 0 Å². The maximum absolute atomic E-state index is 11.9. The second-order valence-corrected chi connectivity index (χ2v) is 5.53. The van der Waals surface area contributed by atoms with Crippen LogP contribution in [0.2, 0.25) is 0 Å². The number of benzene rings is 1. The lowest BCUT2D eigenvalue weighted by atomic mass is 10.1. The van der Waals surface area contributed by atoms with Gasteiger partial charge in [0.25, 0.3) is 0 Å². The number of carbonyl (C=O) groups is 1. The smallest absolute Gasteiger partial charge is 0.223 e. The van der Waals surface area contributed by atoms with E-state index in [0.29, 0.717) is 6.54 Å². The van der Waals surface area contributed by atoms with Gasteiger partial charge >= 0.3 is 0 Å². The predicted octanol–water partition coefficient (Wildman–Crippen LogP) is 1.66. The summed E-state index contributed by atoms with van der Waals surface area (Å²) in [6.45, 7) is 2.00. The van der Waals surface area contributed by atoms with Crippen LogP contribution in [0.1, 0.15) is 18.1 Å². The Morgan fingerprint density at radius 1 is 1.53 bits per heavy atom. The fourth-order valence-corrected chi connectivity index (χ4v) is 2.57. The van der Waals surface area contributed by atoms with Crippen LogP contribution in [-0.4, -0.2) is 23.7 Å². The Kier molecular flexibility index (Phi) is 3.84. The molecule has 1 aromatic rings. The van der Waals surface area contributed by atoms with Crippen molar-refractivity contribution in [1.82, 2.24) is 5.32 Å². The molecule has 1 amide bonds. The molecular formula is C13H16BrNO2. The summed E-state index contributed by atoms with van der Waals surface area (Å²) < 4.78 is 1.06. The zero-order chi connectivity index (χ0) is 12.4. The number of aliphatic hydroxyl groups excluding tert-OH is 1. The molecule has 0 saturated heterocycles. The molecule has 0 saturated carbocycles. The maximum atomic E-state index is 11.9. The van der Waals surface area contributed by atoms with Crippen molar-refractivity contribution in [2.45, 2.75) is 25.9 Å². The Morgan fingerprint density at radius 3 is 2.94 bits per heavy atom. The van der Waals surface area contributed by atoms with E-state index in [9.17, 15) is 4.79 Å². The molecule has 4 heteroatoms. The highest BCUT2D eigenvalue weighted by atomic mass is 79.9. The second-order valence-electron chi connectivity index (χ2n) is 4.61. The van der Waals surface area contributed by atoms with Gasteiger partial charge in [-0.15, -0.1) is 0 Å². The molecule has 0 fully saturated rings. The number of carbonyl (C=O) groups excluding carboxylic acids is 1. The van der Waals surface area contributed by atoms with Gasteiger partial charge in [0, 0.05) is 16.9 Å². The van der Waals surface area contributed by atoms with E-state index < -0.39 is 6.10 Å². The highest BCUT2D eigenvalue weighted by Crippen LogP contribution is 2.29. The SMILES string of the molecule is CC(O)CNC(=O)C1Cc2ccc(Br)cc2C1. The lowest BCUT2D eigenvalue weighted by molar-refractivity contribution is -0.125. The number of amides is 1. The van der Waals surface area contributed by atoms with Gasteiger partial charge in [-0.05, 0) is 43.0 Å². The fraction of sp³-hybridized carbons (Fsp3) is 0.462. The average molecular weight is 298 g/mol. The summed E-state index contributed by atoms with van der Waals surface area (Å²) in [5.74, 6) is 0.0521. The van der Waals surface area contributed by atoms with Crippen LogP contribution < -0.4 is 5.32 Å². The van der Waals surface area contributed by atoms with Gasteiger partial charge in [0.05, 0.1) is 6.10 Å². The van der Waals surface area contributed by atoms with Crippen molar-refractivity contribution in [2.24, 2.45) is 5.92 Å². The monoisotopic (exact) mass is 297 g/mol. The van der Waals surface area contributed by atoms with Gasteiger partial charge in [0.15, 0.2) is 0 Å². The highest BCUT2D eigenvalue weighted by Gasteiger charge is 2.27. The van der Waals surface area contributed by atoms with Crippen LogP contribution in [0.4, 0.5) is 0 Å². The fourth-order valence-electron chi connectivity index (χ4n) is 2.16. The normalized spacial score (nSPS) is 19.8. The lowest BCUT2D eigenvalue weighted by Crippen LogP contribution is -2.35. The Balaban J connectivity index is 1.97. The van der Waals surface area contributed by atoms with Crippen molar-refractivity contribution in [3.05, 3.63) is 33.8 Å². The van der Waals surface area contributed by atoms with Crippen LogP contribution in [0.15, 0.2) is 22.7 Å². The van der Waals surface area contributed by atoms with Crippen LogP contribution >= 0.6 is 15.9 Å². The first-order valence-corrected chi connectivity index (χ1v) is 6.58. The van der Waals surface area contributed by atoms with Gasteiger partial charge in [-0.3, -0.25) is 4.79 Å². The number of rotatable bonds is 3. The van der Waals surface area contributed by atoms with E-state index in [1.165, 1.54) is 11.1 Å². The summed E-state index contributed by atoms with van der Waals surface area (Å²) in [5, 5.41) is 11.9. The van der Waals surface area contributed by atoms with Crippen molar-refractivity contribution >= 4 is 21.8 Å². The minimum atomic E-state index is -0.489. The predicted molar refractivity (Wildman–Crippen MR) is 69.7 cm³/mol. The zero-order valence-corrected chi connectivity index (χ0v) is 11.3. The summed E-state index contributed by atoms with van der Waals surface area (Å²) in [6, 6.07) is 6.16. The van der Waals surface area contributed by atoms with E-state index in [1.807, 2.05) is 6.07 Å². The van der Waals surface area contributed by atoms with E-state index >= 15 is 0 Å². The third-order valence-electron chi connectivity index (χ3n) is 3.04. The molecule has 0 aliphatic heterocycles. The Labute approximate surface area is 109 Å². The molecule has 17 heavy (non-hydrogen) atoms. The van der Waals surface area contributed by atoms with Crippen LogP contribution in [0.3, 0.4) is 0 Å². The van der Waals surface area contributed by atoms with Crippen LogP contribution in [0.25, 0.3) is 0 Å². The molecule has 0 spiro atoms. The summed E-state index contributed by atoms with van der Waals surface area (Å²) in [5.41, 5.74) is 2.50. The number of nitrogens with one attached hydrogen (secondary N) is 1. The van der Waals surface area contributed by atoms with Crippen molar-refractivity contribution in [3.8, 4) is 0 Å². The molecule has 1 aromatic carbocycles. The van der Waals surface area contributed by atoms with Crippen molar-refractivity contribution < 1.29 is 9.90 Å². The topological polar surface area (TPSA) is 49.3 Å². The van der Waals surface area contributed by atoms with E-state index in [0.717, 1.165) is 17.3 Å². The number of halogens is 1. The standard InChI is InChI=1S/C13H16BrNO2/c1-8(16)7-15-13(17)11-4-9-2-3-12(14)6-10(9)5-11/h2-3,6,8,11,16H,4-5,7H2,1H3,(H,15,17). The Bertz CT molecular complexity index is 431. The third-order valence-corrected chi connectivity index (χ3v) is 3.54. The van der Waals surface area contributed by atoms with E-state index in [-0.39, 0.29) is 11.8 Å². The van der Waals surface area contributed by atoms with Gasteiger partial charge in [0.2, 0.25) is 5.91 Å². The second kappa shape index (κ2) is 5.19. The van der Waals surface area contributed by atoms with Gasteiger partial charge in [-0.25, -0.2) is 0 Å². The Hall–Kier alpha value is -0.870. The molecule has 0 heterocycles. The lowest BCUT2D eigenvalue weighted by Gasteiger charge is -2.11. The van der Waals surface area contributed by atoms with Gasteiger partial charge < -0.3 is 10.4 Å². The van der Waals surface area contributed by atoms with Crippen LogP contribution in [-0.2, 0) is 17.6 Å². The largest absolute Gasteiger partial charge is 0.392 e. The number of hydrogen-bond donors (Lipinski definition) is 2. The van der Waals surface area contributed by atoms with E-state index in [4.69, 9.17) is 5.11 Å². The molecule has 1 aliphatic carbocycles. The van der Waals surface area contributed by atoms with Gasteiger partial charge in [-0.2, -0.15) is 0 Å². The van der Waals surface area contributed by atoms with E-state index in [2.05, 4.69) is 33.4 Å². The molecule has 0 radical (unpaired) electrons. The minimum Gasteiger partial charge on any atom is -0.392 e. The minimum absolute atomic E-state index is 0.0121. The highest BCUT2D eigenvalue weighted by molar-refractivity contribution is 9.10. The van der Waals surface area contributed by atoms with E-state index in [1.54, 1.807) is 6.92 Å². The first-order chi connectivity index (χ1) is 8.06. The summed E-state index contributed by atoms with van der Waals surface area (Å²) in [6.07, 6.45) is 1.10. The maximum Gasteiger partial charge on any atom is 0.223 e. The quantitative estimate of drug-likeness (QED) is 0.891. The number of hydrogen-bond acceptors (Lipinski definition) is 2. The van der Waals surface area contributed by atoms with Crippen LogP contribution in [0.5, 0.6) is 0 Å². The number of aliphatic hydroxyl groups is 1. The summed E-state index contributed by atoms with van der Waals surface area (Å²) >= 11 is 3.44. The van der Waals surface area contributed by atoms with Crippen molar-refractivity contribution in [1.29, 1.82) is 0 Å². The van der Waals surface area contributed by atoms with Crippen LogP contribution in [0, 0.1) is 5.92 Å². The van der Waals surface area contributed by atoms with Gasteiger partial charge in [0.1, 0.15) is 0 Å². The summed E-state index contributed by atoms with van der Waals surface area (Å²) in [4.78, 5) is 11.9. The molecule has 92 valence electrons. The zero-order valence-electron chi connectivity index (χ0n) is 9.74. The first kappa shape index (κ1) is 12.6. The molecule has 2 N–H and O–H groups in total. The molecule has 3 nitrogen and oxygen atoms in total. The molecule has 2 atom stereocenters. The Morgan fingerprint density at radius 2 is 2.24 bits per heavy atom. The molecular weight excluding hydrogens is 282 g/mol. The first-order valence-electron chi connectivity index (χ1n) is 5.79. The molecule has 2 rings (SSSR count). The summed E-state index contributed by atoms with van der Waals surface area (Å²) in [7, 11) is 0. The molecule has 1 aliphatic rings. The van der Waals surface area contributed by atoms with Gasteiger partial charge in [-0.1, -0.05) is 22.0 Å². The molecule has 2 unspecified atom stereocenters. The third kappa shape index (κ3) is 3.07. The van der Waals surface area contributed by atoms with Crippen molar-refractivity contribution in [2.75, 3.05) is 6.54 Å². The number of fused-ring (bicyclic) bond motifs is 1. The molecule has 0 bridgehead atoms. The average Bonchev–Trinajstić information content (AvgIpc) is 2.68.